The summed E-state index contributed by atoms with van der Waals surface area (Å²) in [5, 5.41) is 2.91. The Labute approximate surface area is 87.0 Å². The van der Waals surface area contributed by atoms with Gasteiger partial charge in [-0.15, -0.1) is 0 Å². The highest BCUT2D eigenvalue weighted by Crippen LogP contribution is 2.19. The second-order valence-electron chi connectivity index (χ2n) is 3.92. The predicted octanol–water partition coefficient (Wildman–Crippen LogP) is 0.379. The van der Waals surface area contributed by atoms with E-state index in [-0.39, 0.29) is 11.8 Å². The zero-order chi connectivity index (χ0) is 11.0. The van der Waals surface area contributed by atoms with E-state index >= 15 is 0 Å². The van der Waals surface area contributed by atoms with Crippen LogP contribution in [0.3, 0.4) is 0 Å². The average molecular weight is 207 g/mol. The molecule has 0 saturated heterocycles. The van der Waals surface area contributed by atoms with Crippen molar-refractivity contribution in [1.29, 1.82) is 0 Å². The monoisotopic (exact) mass is 207 g/mol. The molecule has 1 saturated carbocycles. The fourth-order valence-corrected chi connectivity index (χ4v) is 2.07. The minimum atomic E-state index is -0.466. The van der Waals surface area contributed by atoms with Gasteiger partial charge in [0.05, 0.1) is 11.7 Å². The molecule has 80 valence electrons. The maximum atomic E-state index is 11.4. The minimum Gasteiger partial charge on any atom is -0.372 e. The molecule has 1 aromatic carbocycles. The number of hydrogen-bond acceptors (Lipinski definition) is 4. The van der Waals surface area contributed by atoms with Crippen molar-refractivity contribution in [2.45, 2.75) is 38.6 Å². The van der Waals surface area contributed by atoms with Gasteiger partial charge < -0.3 is 5.32 Å². The van der Waals surface area contributed by atoms with E-state index in [1.54, 1.807) is 0 Å². The van der Waals surface area contributed by atoms with Crippen LogP contribution >= 0.6 is 0 Å². The molecule has 0 heterocycles. The van der Waals surface area contributed by atoms with E-state index in [0.29, 0.717) is 24.1 Å². The highest BCUT2D eigenvalue weighted by molar-refractivity contribution is 5.88. The first-order valence-corrected chi connectivity index (χ1v) is 5.26. The van der Waals surface area contributed by atoms with Crippen LogP contribution in [-0.2, 0) is 11.2 Å². The molecule has 4 nitrogen and oxygen atoms in total. The molecule has 1 unspecified atom stereocenters. The Bertz CT molecular complexity index is 468. The third-order valence-electron chi connectivity index (χ3n) is 2.99. The largest absolute Gasteiger partial charge is 0.372 e. The average Bonchev–Trinajstić information content (AvgIpc) is 2.63. The van der Waals surface area contributed by atoms with Gasteiger partial charge in [0.25, 0.3) is 0 Å². The van der Waals surface area contributed by atoms with E-state index in [4.69, 9.17) is 0 Å². The molecule has 1 fully saturated rings. The number of anilines is 1. The summed E-state index contributed by atoms with van der Waals surface area (Å²) < 4.78 is 0. The summed E-state index contributed by atoms with van der Waals surface area (Å²) >= 11 is 0. The summed E-state index contributed by atoms with van der Waals surface area (Å²) in [6.07, 6.45) is 2.76. The standard InChI is InChI=1S/C11H13NO3/c1-2-6-9(11(15)10(6)14)12-7-4-3-5-8(7)13/h7,12H,2-5H2,1H3. The minimum absolute atomic E-state index is 0.144. The summed E-state index contributed by atoms with van der Waals surface area (Å²) in [5.74, 6) is 0.144. The lowest BCUT2D eigenvalue weighted by molar-refractivity contribution is -0.118. The van der Waals surface area contributed by atoms with E-state index < -0.39 is 10.9 Å². The molecule has 1 atom stereocenters. The number of rotatable bonds is 3. The van der Waals surface area contributed by atoms with Crippen molar-refractivity contribution in [2.24, 2.45) is 0 Å². The third-order valence-corrected chi connectivity index (χ3v) is 2.99. The van der Waals surface area contributed by atoms with Crippen LogP contribution in [0.4, 0.5) is 5.69 Å². The van der Waals surface area contributed by atoms with Gasteiger partial charge in [0.1, 0.15) is 0 Å². The first kappa shape index (κ1) is 10.1. The maximum Gasteiger partial charge on any atom is 0.249 e. The van der Waals surface area contributed by atoms with Gasteiger partial charge in [0.15, 0.2) is 5.78 Å². The number of carbonyl (C=O) groups excluding carboxylic acids is 1. The first-order valence-electron chi connectivity index (χ1n) is 5.26. The molecular formula is C11H13NO3. The second kappa shape index (κ2) is 3.61. The van der Waals surface area contributed by atoms with Crippen LogP contribution in [0.1, 0.15) is 31.7 Å². The molecule has 0 aliphatic heterocycles. The predicted molar refractivity (Wildman–Crippen MR) is 57.0 cm³/mol. The van der Waals surface area contributed by atoms with Crippen LogP contribution < -0.4 is 16.2 Å². The molecule has 0 amide bonds. The molecule has 0 bridgehead atoms. The lowest BCUT2D eigenvalue weighted by Crippen LogP contribution is -2.41. The van der Waals surface area contributed by atoms with Crippen LogP contribution in [0.5, 0.6) is 0 Å². The Morgan fingerprint density at radius 1 is 1.27 bits per heavy atom. The Kier molecular flexibility index (Phi) is 2.42. The van der Waals surface area contributed by atoms with Crippen molar-refractivity contribution in [3.63, 3.8) is 0 Å². The molecule has 2 rings (SSSR count). The third kappa shape index (κ3) is 1.50. The van der Waals surface area contributed by atoms with Gasteiger partial charge >= 0.3 is 0 Å². The summed E-state index contributed by atoms with van der Waals surface area (Å²) in [6, 6.07) is -0.251. The molecule has 1 N–H and O–H groups in total. The lowest BCUT2D eigenvalue weighted by atomic mass is 10.0. The van der Waals surface area contributed by atoms with Crippen LogP contribution in [0.15, 0.2) is 9.59 Å². The van der Waals surface area contributed by atoms with Crippen molar-refractivity contribution < 1.29 is 4.79 Å². The molecule has 15 heavy (non-hydrogen) atoms. The van der Waals surface area contributed by atoms with Crippen molar-refractivity contribution >= 4 is 11.5 Å². The number of hydrogen-bond donors (Lipinski definition) is 1. The van der Waals surface area contributed by atoms with Gasteiger partial charge in [0, 0.05) is 12.0 Å². The Hall–Kier alpha value is -1.45. The zero-order valence-corrected chi connectivity index (χ0v) is 8.63. The molecule has 1 aliphatic carbocycles. The smallest absolute Gasteiger partial charge is 0.249 e. The fraction of sp³-hybridized carbons (Fsp3) is 0.545. The van der Waals surface area contributed by atoms with E-state index in [1.807, 2.05) is 6.92 Å². The van der Waals surface area contributed by atoms with E-state index in [1.165, 1.54) is 0 Å². The van der Waals surface area contributed by atoms with Crippen LogP contribution in [0.25, 0.3) is 0 Å². The van der Waals surface area contributed by atoms with Crippen molar-refractivity contribution in [1.82, 2.24) is 0 Å². The van der Waals surface area contributed by atoms with Crippen LogP contribution in [0.2, 0.25) is 0 Å². The topological polar surface area (TPSA) is 63.2 Å². The molecule has 1 aromatic rings. The Morgan fingerprint density at radius 3 is 2.53 bits per heavy atom. The fourth-order valence-electron chi connectivity index (χ4n) is 2.07. The molecule has 0 spiro atoms. The van der Waals surface area contributed by atoms with Crippen molar-refractivity contribution in [2.75, 3.05) is 5.32 Å². The van der Waals surface area contributed by atoms with Crippen LogP contribution in [-0.4, -0.2) is 11.8 Å². The highest BCUT2D eigenvalue weighted by Gasteiger charge is 2.28. The molecule has 1 aliphatic rings. The first-order chi connectivity index (χ1) is 7.15. The maximum absolute atomic E-state index is 11.4. The number of nitrogens with one attached hydrogen (secondary N) is 1. The van der Waals surface area contributed by atoms with Gasteiger partial charge in [-0.05, 0) is 19.3 Å². The summed E-state index contributed by atoms with van der Waals surface area (Å²) in [5.41, 5.74) is 0.0550. The van der Waals surface area contributed by atoms with Crippen LogP contribution in [0, 0.1) is 0 Å². The Balaban J connectivity index is 2.18. The number of ketones is 1. The molecule has 0 radical (unpaired) electrons. The number of Topliss-reactive ketones (excluding diaryl/α,β-unsaturated/α-hetero) is 1. The van der Waals surface area contributed by atoms with E-state index in [0.717, 1.165) is 12.8 Å². The second-order valence-corrected chi connectivity index (χ2v) is 3.92. The lowest BCUT2D eigenvalue weighted by Gasteiger charge is -2.16. The quantitative estimate of drug-likeness (QED) is 0.728. The molecule has 4 heteroatoms. The summed E-state index contributed by atoms with van der Waals surface area (Å²) in [6.45, 7) is 1.83. The van der Waals surface area contributed by atoms with Crippen molar-refractivity contribution in [3.8, 4) is 0 Å². The van der Waals surface area contributed by atoms with Gasteiger partial charge in [-0.25, -0.2) is 0 Å². The SMILES string of the molecule is CCc1c(NC2CCCC2=O)c(=O)c1=O. The van der Waals surface area contributed by atoms with E-state index in [2.05, 4.69) is 5.32 Å². The normalized spacial score (nSPS) is 21.1. The summed E-state index contributed by atoms with van der Waals surface area (Å²) in [7, 11) is 0. The molecule has 0 aromatic heterocycles. The van der Waals surface area contributed by atoms with Gasteiger partial charge in [0.2, 0.25) is 10.9 Å². The van der Waals surface area contributed by atoms with Crippen molar-refractivity contribution in [3.05, 3.63) is 26.0 Å². The highest BCUT2D eigenvalue weighted by atomic mass is 16.2. The van der Waals surface area contributed by atoms with Gasteiger partial charge in [-0.1, -0.05) is 6.92 Å². The van der Waals surface area contributed by atoms with Gasteiger partial charge in [-0.2, -0.15) is 0 Å². The van der Waals surface area contributed by atoms with Gasteiger partial charge in [-0.3, -0.25) is 14.4 Å². The zero-order valence-electron chi connectivity index (χ0n) is 8.63. The summed E-state index contributed by atoms with van der Waals surface area (Å²) in [4.78, 5) is 33.7. The Morgan fingerprint density at radius 2 is 2.00 bits per heavy atom. The number of carbonyl (C=O) groups is 1. The van der Waals surface area contributed by atoms with E-state index in [9.17, 15) is 14.4 Å². The molecular weight excluding hydrogens is 194 g/mol.